The molecule has 3 nitrogen and oxygen atoms in total. The standard InChI is InChI=1S/C9H13BrN2O/c1-7-9(12-4-3-11-7)5-8(10)6-13-2/h3-4,8H,5-6H2,1-2H3. The zero-order valence-corrected chi connectivity index (χ0v) is 9.41. The summed E-state index contributed by atoms with van der Waals surface area (Å²) in [6.45, 7) is 2.66. The first-order valence-electron chi connectivity index (χ1n) is 4.13. The van der Waals surface area contributed by atoms with E-state index < -0.39 is 0 Å². The van der Waals surface area contributed by atoms with Crippen LogP contribution in [0.1, 0.15) is 11.4 Å². The average Bonchev–Trinajstić information content (AvgIpc) is 2.09. The summed E-state index contributed by atoms with van der Waals surface area (Å²) in [5, 5.41) is 0. The molecule has 0 aromatic carbocycles. The molecule has 0 radical (unpaired) electrons. The van der Waals surface area contributed by atoms with Gasteiger partial charge in [0, 0.05) is 30.8 Å². The molecule has 0 saturated heterocycles. The summed E-state index contributed by atoms with van der Waals surface area (Å²) in [7, 11) is 1.69. The molecule has 0 aliphatic rings. The van der Waals surface area contributed by atoms with Crippen LogP contribution in [0.3, 0.4) is 0 Å². The Hall–Kier alpha value is -0.480. The van der Waals surface area contributed by atoms with Crippen LogP contribution >= 0.6 is 15.9 Å². The van der Waals surface area contributed by atoms with E-state index >= 15 is 0 Å². The monoisotopic (exact) mass is 244 g/mol. The number of rotatable bonds is 4. The second-order valence-corrected chi connectivity index (χ2v) is 4.14. The number of nitrogens with zero attached hydrogens (tertiary/aromatic N) is 2. The summed E-state index contributed by atoms with van der Waals surface area (Å²) in [6.07, 6.45) is 4.28. The molecule has 0 amide bonds. The van der Waals surface area contributed by atoms with E-state index in [1.807, 2.05) is 6.92 Å². The van der Waals surface area contributed by atoms with Crippen LogP contribution in [-0.2, 0) is 11.2 Å². The molecule has 0 saturated carbocycles. The maximum absolute atomic E-state index is 5.02. The molecule has 72 valence electrons. The number of methoxy groups -OCH3 is 1. The van der Waals surface area contributed by atoms with Crippen LogP contribution in [0.4, 0.5) is 0 Å². The highest BCUT2D eigenvalue weighted by Gasteiger charge is 2.08. The lowest BCUT2D eigenvalue weighted by molar-refractivity contribution is 0.200. The minimum Gasteiger partial charge on any atom is -0.384 e. The van der Waals surface area contributed by atoms with Gasteiger partial charge in [-0.3, -0.25) is 9.97 Å². The fraction of sp³-hybridized carbons (Fsp3) is 0.556. The van der Waals surface area contributed by atoms with E-state index in [4.69, 9.17) is 4.74 Å². The lowest BCUT2D eigenvalue weighted by Crippen LogP contribution is -2.12. The molecule has 1 unspecified atom stereocenters. The number of halogens is 1. The van der Waals surface area contributed by atoms with Gasteiger partial charge in [-0.25, -0.2) is 0 Å². The number of ether oxygens (including phenoxy) is 1. The molecule has 0 aliphatic carbocycles. The highest BCUT2D eigenvalue weighted by Crippen LogP contribution is 2.09. The Morgan fingerprint density at radius 3 is 2.77 bits per heavy atom. The Labute approximate surface area is 86.7 Å². The number of hydrogen-bond donors (Lipinski definition) is 0. The van der Waals surface area contributed by atoms with Crippen molar-refractivity contribution in [3.05, 3.63) is 23.8 Å². The fourth-order valence-corrected chi connectivity index (χ4v) is 1.66. The maximum atomic E-state index is 5.02. The minimum atomic E-state index is 0.313. The van der Waals surface area contributed by atoms with Gasteiger partial charge in [0.15, 0.2) is 0 Å². The maximum Gasteiger partial charge on any atom is 0.0627 e. The van der Waals surface area contributed by atoms with Crippen molar-refractivity contribution in [2.45, 2.75) is 18.2 Å². The van der Waals surface area contributed by atoms with Crippen LogP contribution in [0.2, 0.25) is 0 Å². The zero-order chi connectivity index (χ0) is 9.68. The second kappa shape index (κ2) is 5.29. The lowest BCUT2D eigenvalue weighted by Gasteiger charge is -2.08. The van der Waals surface area contributed by atoms with Gasteiger partial charge in [-0.2, -0.15) is 0 Å². The summed E-state index contributed by atoms with van der Waals surface area (Å²) in [5.74, 6) is 0. The molecule has 0 aliphatic heterocycles. The Morgan fingerprint density at radius 1 is 1.46 bits per heavy atom. The van der Waals surface area contributed by atoms with E-state index in [-0.39, 0.29) is 0 Å². The van der Waals surface area contributed by atoms with E-state index in [1.165, 1.54) is 0 Å². The second-order valence-electron chi connectivity index (χ2n) is 2.85. The smallest absolute Gasteiger partial charge is 0.0627 e. The molecule has 4 heteroatoms. The van der Waals surface area contributed by atoms with Crippen LogP contribution in [-0.4, -0.2) is 28.5 Å². The molecule has 1 aromatic heterocycles. The van der Waals surface area contributed by atoms with Crippen LogP contribution in [0, 0.1) is 6.92 Å². The van der Waals surface area contributed by atoms with Crippen molar-refractivity contribution in [2.24, 2.45) is 0 Å². The molecule has 0 N–H and O–H groups in total. The fourth-order valence-electron chi connectivity index (χ4n) is 1.09. The summed E-state index contributed by atoms with van der Waals surface area (Å²) in [4.78, 5) is 8.73. The van der Waals surface area contributed by atoms with Gasteiger partial charge >= 0.3 is 0 Å². The third kappa shape index (κ3) is 3.40. The summed E-state index contributed by atoms with van der Waals surface area (Å²) in [5.41, 5.74) is 2.02. The van der Waals surface area contributed by atoms with Gasteiger partial charge in [0.25, 0.3) is 0 Å². The van der Waals surface area contributed by atoms with Gasteiger partial charge in [-0.05, 0) is 6.92 Å². The SMILES string of the molecule is COCC(Br)Cc1nccnc1C. The van der Waals surface area contributed by atoms with Gasteiger partial charge < -0.3 is 4.74 Å². The predicted molar refractivity (Wildman–Crippen MR) is 55.1 cm³/mol. The van der Waals surface area contributed by atoms with Crippen molar-refractivity contribution >= 4 is 15.9 Å². The highest BCUT2D eigenvalue weighted by atomic mass is 79.9. The molecule has 1 rings (SSSR count). The normalized spacial score (nSPS) is 12.8. The van der Waals surface area contributed by atoms with Crippen molar-refractivity contribution < 1.29 is 4.74 Å². The number of alkyl halides is 1. The number of hydrogen-bond acceptors (Lipinski definition) is 3. The third-order valence-corrected chi connectivity index (χ3v) is 2.33. The first-order valence-corrected chi connectivity index (χ1v) is 5.05. The van der Waals surface area contributed by atoms with Crippen LogP contribution in [0.5, 0.6) is 0 Å². The van der Waals surface area contributed by atoms with Crippen molar-refractivity contribution in [3.8, 4) is 0 Å². The van der Waals surface area contributed by atoms with Crippen LogP contribution < -0.4 is 0 Å². The van der Waals surface area contributed by atoms with Crippen LogP contribution in [0.25, 0.3) is 0 Å². The molecule has 1 heterocycles. The molecular weight excluding hydrogens is 232 g/mol. The van der Waals surface area contributed by atoms with Crippen molar-refractivity contribution in [3.63, 3.8) is 0 Å². The van der Waals surface area contributed by atoms with E-state index in [2.05, 4.69) is 25.9 Å². The van der Waals surface area contributed by atoms with Crippen molar-refractivity contribution in [1.82, 2.24) is 9.97 Å². The third-order valence-electron chi connectivity index (χ3n) is 1.75. The number of aryl methyl sites for hydroxylation is 1. The Balaban J connectivity index is 2.58. The quantitative estimate of drug-likeness (QED) is 0.758. The molecule has 0 bridgehead atoms. The van der Waals surface area contributed by atoms with Gasteiger partial charge in [-0.1, -0.05) is 15.9 Å². The van der Waals surface area contributed by atoms with E-state index in [0.717, 1.165) is 17.8 Å². The van der Waals surface area contributed by atoms with Crippen molar-refractivity contribution in [1.29, 1.82) is 0 Å². The molecule has 13 heavy (non-hydrogen) atoms. The largest absolute Gasteiger partial charge is 0.384 e. The average molecular weight is 245 g/mol. The van der Waals surface area contributed by atoms with E-state index in [1.54, 1.807) is 19.5 Å². The minimum absolute atomic E-state index is 0.313. The Morgan fingerprint density at radius 2 is 2.15 bits per heavy atom. The zero-order valence-electron chi connectivity index (χ0n) is 7.83. The first-order chi connectivity index (χ1) is 6.24. The summed E-state index contributed by atoms with van der Waals surface area (Å²) < 4.78 is 5.02. The topological polar surface area (TPSA) is 35.0 Å². The molecular formula is C9H13BrN2O. The van der Waals surface area contributed by atoms with Crippen molar-refractivity contribution in [2.75, 3.05) is 13.7 Å². The molecule has 1 aromatic rings. The summed E-state index contributed by atoms with van der Waals surface area (Å²) >= 11 is 3.52. The molecule has 0 fully saturated rings. The van der Waals surface area contributed by atoms with Gasteiger partial charge in [0.2, 0.25) is 0 Å². The van der Waals surface area contributed by atoms with Crippen LogP contribution in [0.15, 0.2) is 12.4 Å². The Bertz CT molecular complexity index is 268. The molecule has 1 atom stereocenters. The van der Waals surface area contributed by atoms with Gasteiger partial charge in [0.05, 0.1) is 18.0 Å². The Kier molecular flexibility index (Phi) is 4.32. The molecule has 0 spiro atoms. The van der Waals surface area contributed by atoms with E-state index in [0.29, 0.717) is 11.4 Å². The lowest BCUT2D eigenvalue weighted by atomic mass is 10.2. The summed E-state index contributed by atoms with van der Waals surface area (Å²) in [6, 6.07) is 0. The predicted octanol–water partition coefficient (Wildman–Crippen LogP) is 1.74. The van der Waals surface area contributed by atoms with Gasteiger partial charge in [0.1, 0.15) is 0 Å². The highest BCUT2D eigenvalue weighted by molar-refractivity contribution is 9.09. The van der Waals surface area contributed by atoms with E-state index in [9.17, 15) is 0 Å². The van der Waals surface area contributed by atoms with Gasteiger partial charge in [-0.15, -0.1) is 0 Å². The first kappa shape index (κ1) is 10.6. The number of aromatic nitrogens is 2.